The van der Waals surface area contributed by atoms with Gasteiger partial charge >= 0.3 is 12.0 Å². The summed E-state index contributed by atoms with van der Waals surface area (Å²) >= 11 is 1.46. The Bertz CT molecular complexity index is 435. The highest BCUT2D eigenvalue weighted by Crippen LogP contribution is 2.22. The molecule has 0 spiro atoms. The highest BCUT2D eigenvalue weighted by molar-refractivity contribution is 7.98. The number of rotatable bonds is 4. The van der Waals surface area contributed by atoms with Crippen LogP contribution in [0.25, 0.3) is 0 Å². The smallest absolute Gasteiger partial charge is 0.339 e. The molecule has 0 atom stereocenters. The van der Waals surface area contributed by atoms with E-state index in [9.17, 15) is 9.59 Å². The summed E-state index contributed by atoms with van der Waals surface area (Å²) in [5.74, 6) is -0.393. The van der Waals surface area contributed by atoms with Crippen LogP contribution in [0.3, 0.4) is 0 Å². The highest BCUT2D eigenvalue weighted by Gasteiger charge is 2.12. The predicted molar refractivity (Wildman–Crippen MR) is 66.0 cm³/mol. The second-order valence-electron chi connectivity index (χ2n) is 3.24. The minimum Gasteiger partial charge on any atom is -0.465 e. The molecule has 17 heavy (non-hydrogen) atoms. The zero-order chi connectivity index (χ0) is 12.8. The third-order valence-corrected chi connectivity index (χ3v) is 2.93. The van der Waals surface area contributed by atoms with Gasteiger partial charge in [0.2, 0.25) is 0 Å². The summed E-state index contributed by atoms with van der Waals surface area (Å²) in [6.45, 7) is 0.286. The molecule has 0 aliphatic rings. The molecule has 1 aromatic carbocycles. The van der Waals surface area contributed by atoms with Gasteiger partial charge in [-0.1, -0.05) is 6.07 Å². The number of benzene rings is 1. The first-order chi connectivity index (χ1) is 8.08. The Morgan fingerprint density at radius 2 is 2.18 bits per heavy atom. The summed E-state index contributed by atoms with van der Waals surface area (Å²) < 4.78 is 4.70. The number of carbonyl (C=O) groups excluding carboxylic acids is 2. The number of esters is 1. The number of nitrogens with one attached hydrogen (secondary N) is 1. The van der Waals surface area contributed by atoms with E-state index in [1.54, 1.807) is 6.07 Å². The topological polar surface area (TPSA) is 81.4 Å². The minimum atomic E-state index is -0.599. The van der Waals surface area contributed by atoms with Crippen LogP contribution in [0.15, 0.2) is 23.1 Å². The van der Waals surface area contributed by atoms with Crippen molar-refractivity contribution >= 4 is 23.8 Å². The number of hydrogen-bond acceptors (Lipinski definition) is 4. The summed E-state index contributed by atoms with van der Waals surface area (Å²) in [4.78, 5) is 23.0. The van der Waals surface area contributed by atoms with E-state index in [2.05, 4.69) is 5.32 Å². The molecule has 1 rings (SSSR count). The second-order valence-corrected chi connectivity index (χ2v) is 4.09. The molecule has 0 aliphatic heterocycles. The zero-order valence-electron chi connectivity index (χ0n) is 9.65. The lowest BCUT2D eigenvalue weighted by molar-refractivity contribution is 0.0596. The van der Waals surface area contributed by atoms with Crippen LogP contribution in [0.2, 0.25) is 0 Å². The van der Waals surface area contributed by atoms with Crippen LogP contribution in [0.4, 0.5) is 4.79 Å². The second kappa shape index (κ2) is 6.15. The Hall–Kier alpha value is -1.69. The van der Waals surface area contributed by atoms with Gasteiger partial charge in [-0.15, -0.1) is 11.8 Å². The van der Waals surface area contributed by atoms with Crippen molar-refractivity contribution in [2.24, 2.45) is 5.73 Å². The van der Waals surface area contributed by atoms with E-state index in [0.29, 0.717) is 5.56 Å². The first kappa shape index (κ1) is 13.4. The van der Waals surface area contributed by atoms with Crippen molar-refractivity contribution < 1.29 is 14.3 Å². The SMILES string of the molecule is COC(=O)c1cc(CNC(N)=O)ccc1SC. The van der Waals surface area contributed by atoms with Crippen LogP contribution in [0.5, 0.6) is 0 Å². The third kappa shape index (κ3) is 3.67. The average molecular weight is 254 g/mol. The van der Waals surface area contributed by atoms with Crippen molar-refractivity contribution in [2.45, 2.75) is 11.4 Å². The number of primary amides is 1. The molecule has 0 saturated heterocycles. The number of nitrogens with two attached hydrogens (primary N) is 1. The van der Waals surface area contributed by atoms with Gasteiger partial charge in [-0.25, -0.2) is 9.59 Å². The third-order valence-electron chi connectivity index (χ3n) is 2.14. The monoisotopic (exact) mass is 254 g/mol. The summed E-state index contributed by atoms with van der Waals surface area (Å²) in [6.07, 6.45) is 1.88. The summed E-state index contributed by atoms with van der Waals surface area (Å²) in [6, 6.07) is 4.73. The summed E-state index contributed by atoms with van der Waals surface area (Å²) in [7, 11) is 1.33. The van der Waals surface area contributed by atoms with Crippen molar-refractivity contribution in [3.8, 4) is 0 Å². The van der Waals surface area contributed by atoms with Gasteiger partial charge in [-0.3, -0.25) is 0 Å². The fourth-order valence-electron chi connectivity index (χ4n) is 1.32. The van der Waals surface area contributed by atoms with E-state index < -0.39 is 12.0 Å². The molecule has 6 heteroatoms. The standard InChI is InChI=1S/C11H14N2O3S/c1-16-10(14)8-5-7(6-13-11(12)15)3-4-9(8)17-2/h3-5H,6H2,1-2H3,(H3,12,13,15). The van der Waals surface area contributed by atoms with Crippen LogP contribution < -0.4 is 11.1 Å². The van der Waals surface area contributed by atoms with Gasteiger partial charge < -0.3 is 15.8 Å². The van der Waals surface area contributed by atoms with E-state index in [4.69, 9.17) is 10.5 Å². The molecule has 0 aromatic heterocycles. The molecule has 92 valence electrons. The molecule has 0 fully saturated rings. The van der Waals surface area contributed by atoms with Crippen LogP contribution in [0, 0.1) is 0 Å². The molecular formula is C11H14N2O3S. The van der Waals surface area contributed by atoms with Crippen LogP contribution >= 0.6 is 11.8 Å². The van der Waals surface area contributed by atoms with Gasteiger partial charge in [0, 0.05) is 11.4 Å². The van der Waals surface area contributed by atoms with Gasteiger partial charge in [0.25, 0.3) is 0 Å². The van der Waals surface area contributed by atoms with E-state index in [0.717, 1.165) is 10.5 Å². The normalized spacial score (nSPS) is 9.76. The first-order valence-electron chi connectivity index (χ1n) is 4.87. The number of methoxy groups -OCH3 is 1. The quantitative estimate of drug-likeness (QED) is 0.628. The number of amides is 2. The zero-order valence-corrected chi connectivity index (χ0v) is 10.5. The average Bonchev–Trinajstić information content (AvgIpc) is 2.34. The fourth-order valence-corrected chi connectivity index (χ4v) is 1.89. The Morgan fingerprint density at radius 1 is 1.47 bits per heavy atom. The van der Waals surface area contributed by atoms with Gasteiger partial charge in [0.1, 0.15) is 0 Å². The molecule has 1 aromatic rings. The predicted octanol–water partition coefficient (Wildman–Crippen LogP) is 1.36. The number of carbonyl (C=O) groups is 2. The van der Waals surface area contributed by atoms with Gasteiger partial charge in [-0.05, 0) is 24.0 Å². The van der Waals surface area contributed by atoms with E-state index in [1.165, 1.54) is 18.9 Å². The molecule has 0 aliphatic carbocycles. The molecule has 2 amide bonds. The fraction of sp³-hybridized carbons (Fsp3) is 0.273. The molecule has 0 radical (unpaired) electrons. The van der Waals surface area contributed by atoms with Crippen LogP contribution in [-0.2, 0) is 11.3 Å². The van der Waals surface area contributed by atoms with Crippen molar-refractivity contribution in [2.75, 3.05) is 13.4 Å². The molecule has 0 unspecified atom stereocenters. The Morgan fingerprint density at radius 3 is 2.71 bits per heavy atom. The molecule has 3 N–H and O–H groups in total. The number of ether oxygens (including phenoxy) is 1. The number of thioether (sulfide) groups is 1. The molecule has 5 nitrogen and oxygen atoms in total. The summed E-state index contributed by atoms with van der Waals surface area (Å²) in [5, 5.41) is 2.46. The lowest BCUT2D eigenvalue weighted by atomic mass is 10.1. The van der Waals surface area contributed by atoms with Gasteiger partial charge in [-0.2, -0.15) is 0 Å². The van der Waals surface area contributed by atoms with Crippen LogP contribution in [0.1, 0.15) is 15.9 Å². The lowest BCUT2D eigenvalue weighted by Crippen LogP contribution is -2.28. The van der Waals surface area contributed by atoms with Crippen molar-refractivity contribution in [1.82, 2.24) is 5.32 Å². The van der Waals surface area contributed by atoms with Gasteiger partial charge in [0.15, 0.2) is 0 Å². The first-order valence-corrected chi connectivity index (χ1v) is 6.09. The molecule has 0 bridgehead atoms. The largest absolute Gasteiger partial charge is 0.465 e. The lowest BCUT2D eigenvalue weighted by Gasteiger charge is -2.08. The maximum atomic E-state index is 11.5. The van der Waals surface area contributed by atoms with E-state index in [-0.39, 0.29) is 6.54 Å². The number of urea groups is 1. The minimum absolute atomic E-state index is 0.286. The molecular weight excluding hydrogens is 240 g/mol. The Balaban J connectivity index is 2.96. The molecule has 0 heterocycles. The van der Waals surface area contributed by atoms with Crippen molar-refractivity contribution in [1.29, 1.82) is 0 Å². The number of hydrogen-bond donors (Lipinski definition) is 2. The van der Waals surface area contributed by atoms with E-state index >= 15 is 0 Å². The molecule has 0 saturated carbocycles. The highest BCUT2D eigenvalue weighted by atomic mass is 32.2. The van der Waals surface area contributed by atoms with Crippen LogP contribution in [-0.4, -0.2) is 25.4 Å². The summed E-state index contributed by atoms with van der Waals surface area (Å²) in [5.41, 5.74) is 6.26. The maximum Gasteiger partial charge on any atom is 0.339 e. The van der Waals surface area contributed by atoms with Crippen molar-refractivity contribution in [3.05, 3.63) is 29.3 Å². The maximum absolute atomic E-state index is 11.5. The Labute approximate surface area is 104 Å². The van der Waals surface area contributed by atoms with E-state index in [1.807, 2.05) is 18.4 Å². The van der Waals surface area contributed by atoms with Crippen molar-refractivity contribution in [3.63, 3.8) is 0 Å². The van der Waals surface area contributed by atoms with Gasteiger partial charge in [0.05, 0.1) is 12.7 Å². The Kier molecular flexibility index (Phi) is 4.84.